The van der Waals surface area contributed by atoms with Gasteiger partial charge in [0.2, 0.25) is 10.0 Å². The van der Waals surface area contributed by atoms with Crippen LogP contribution in [0.15, 0.2) is 53.4 Å². The highest BCUT2D eigenvalue weighted by Crippen LogP contribution is 2.22. The fraction of sp³-hybridized carbons (Fsp3) is 0.458. The first-order valence-corrected chi connectivity index (χ1v) is 12.1. The van der Waals surface area contributed by atoms with Crippen molar-refractivity contribution in [3.05, 3.63) is 65.2 Å². The van der Waals surface area contributed by atoms with Gasteiger partial charge in [-0.05, 0) is 60.1 Å². The summed E-state index contributed by atoms with van der Waals surface area (Å²) in [7, 11) is -3.46. The Morgan fingerprint density at radius 2 is 1.57 bits per heavy atom. The van der Waals surface area contributed by atoms with Crippen molar-refractivity contribution in [2.24, 2.45) is 0 Å². The summed E-state index contributed by atoms with van der Waals surface area (Å²) >= 11 is 0. The van der Waals surface area contributed by atoms with Crippen molar-refractivity contribution < 1.29 is 13.2 Å². The van der Waals surface area contributed by atoms with Gasteiger partial charge < -0.3 is 5.32 Å². The van der Waals surface area contributed by atoms with Crippen LogP contribution < -0.4 is 10.0 Å². The number of rotatable bonds is 7. The van der Waals surface area contributed by atoms with Crippen LogP contribution in [0.3, 0.4) is 0 Å². The number of sulfonamides is 1. The standard InChI is InChI=1S/C24H32N2O3S/c1-24(2,3)20-12-10-19(11-13-20)23(27)25-17-16-18-8-14-22(15-9-18)30(28,29)26-21-6-4-5-7-21/h8-15,21,26H,4-7,16-17H2,1-3H3,(H,25,27). The maximum Gasteiger partial charge on any atom is 0.251 e. The highest BCUT2D eigenvalue weighted by atomic mass is 32.2. The van der Waals surface area contributed by atoms with E-state index in [9.17, 15) is 13.2 Å². The van der Waals surface area contributed by atoms with E-state index in [0.717, 1.165) is 31.2 Å². The third-order valence-corrected chi connectivity index (χ3v) is 7.16. The van der Waals surface area contributed by atoms with Crippen LogP contribution in [-0.4, -0.2) is 26.9 Å². The van der Waals surface area contributed by atoms with Gasteiger partial charge in [-0.1, -0.05) is 57.9 Å². The van der Waals surface area contributed by atoms with E-state index in [-0.39, 0.29) is 17.4 Å². The minimum atomic E-state index is -3.46. The van der Waals surface area contributed by atoms with Crippen molar-refractivity contribution in [3.8, 4) is 0 Å². The Kier molecular flexibility index (Phi) is 6.98. The minimum absolute atomic E-state index is 0.0568. The van der Waals surface area contributed by atoms with Gasteiger partial charge in [0.05, 0.1) is 4.90 Å². The van der Waals surface area contributed by atoms with E-state index in [1.54, 1.807) is 12.1 Å². The Morgan fingerprint density at radius 3 is 2.13 bits per heavy atom. The van der Waals surface area contributed by atoms with Gasteiger partial charge in [0.1, 0.15) is 0 Å². The molecule has 5 nitrogen and oxygen atoms in total. The van der Waals surface area contributed by atoms with Crippen molar-refractivity contribution >= 4 is 15.9 Å². The van der Waals surface area contributed by atoms with Crippen molar-refractivity contribution in [2.75, 3.05) is 6.54 Å². The van der Waals surface area contributed by atoms with Crippen molar-refractivity contribution in [1.29, 1.82) is 0 Å². The van der Waals surface area contributed by atoms with E-state index in [0.29, 0.717) is 23.4 Å². The fourth-order valence-corrected chi connectivity index (χ4v) is 5.02. The van der Waals surface area contributed by atoms with Crippen LogP contribution in [-0.2, 0) is 21.9 Å². The Balaban J connectivity index is 1.50. The van der Waals surface area contributed by atoms with E-state index in [1.165, 1.54) is 5.56 Å². The smallest absolute Gasteiger partial charge is 0.251 e. The molecule has 1 saturated carbocycles. The predicted molar refractivity (Wildman–Crippen MR) is 120 cm³/mol. The van der Waals surface area contributed by atoms with Gasteiger partial charge in [0.25, 0.3) is 5.91 Å². The molecular weight excluding hydrogens is 396 g/mol. The second-order valence-electron chi connectivity index (χ2n) is 9.08. The molecule has 1 fully saturated rings. The van der Waals surface area contributed by atoms with Gasteiger partial charge in [-0.2, -0.15) is 0 Å². The van der Waals surface area contributed by atoms with E-state index in [1.807, 2.05) is 36.4 Å². The molecule has 0 radical (unpaired) electrons. The lowest BCUT2D eigenvalue weighted by Gasteiger charge is -2.19. The number of hydrogen-bond donors (Lipinski definition) is 2. The number of hydrogen-bond acceptors (Lipinski definition) is 3. The molecule has 2 N–H and O–H groups in total. The van der Waals surface area contributed by atoms with Crippen LogP contribution in [0.5, 0.6) is 0 Å². The van der Waals surface area contributed by atoms with Gasteiger partial charge in [-0.25, -0.2) is 13.1 Å². The molecule has 1 amide bonds. The van der Waals surface area contributed by atoms with Gasteiger partial charge >= 0.3 is 0 Å². The molecule has 2 aromatic rings. The van der Waals surface area contributed by atoms with Crippen LogP contribution in [0.2, 0.25) is 0 Å². The van der Waals surface area contributed by atoms with Crippen LogP contribution in [0.1, 0.15) is 67.9 Å². The molecule has 30 heavy (non-hydrogen) atoms. The first-order chi connectivity index (χ1) is 14.1. The zero-order chi connectivity index (χ0) is 21.8. The van der Waals surface area contributed by atoms with Gasteiger partial charge in [0.15, 0.2) is 0 Å². The Morgan fingerprint density at radius 1 is 0.967 bits per heavy atom. The lowest BCUT2D eigenvalue weighted by atomic mass is 9.87. The van der Waals surface area contributed by atoms with Crippen molar-refractivity contribution in [2.45, 2.75) is 69.2 Å². The predicted octanol–water partition coefficient (Wildman–Crippen LogP) is 4.18. The lowest BCUT2D eigenvalue weighted by molar-refractivity contribution is 0.0954. The second kappa shape index (κ2) is 9.31. The van der Waals surface area contributed by atoms with Gasteiger partial charge in [0, 0.05) is 18.2 Å². The van der Waals surface area contributed by atoms with Crippen LogP contribution in [0, 0.1) is 0 Å². The van der Waals surface area contributed by atoms with Gasteiger partial charge in [-0.15, -0.1) is 0 Å². The highest BCUT2D eigenvalue weighted by Gasteiger charge is 2.22. The molecule has 162 valence electrons. The molecule has 0 spiro atoms. The summed E-state index contributed by atoms with van der Waals surface area (Å²) in [6, 6.07) is 14.7. The number of nitrogens with one attached hydrogen (secondary N) is 2. The maximum absolute atomic E-state index is 12.5. The average molecular weight is 429 g/mol. The molecule has 0 bridgehead atoms. The molecule has 0 heterocycles. The topological polar surface area (TPSA) is 75.3 Å². The molecule has 3 rings (SSSR count). The van der Waals surface area contributed by atoms with E-state index < -0.39 is 10.0 Å². The lowest BCUT2D eigenvalue weighted by Crippen LogP contribution is -2.32. The molecule has 1 aliphatic rings. The highest BCUT2D eigenvalue weighted by molar-refractivity contribution is 7.89. The summed E-state index contributed by atoms with van der Waals surface area (Å²) in [5.41, 5.74) is 2.87. The minimum Gasteiger partial charge on any atom is -0.352 e. The molecule has 0 aliphatic heterocycles. The number of carbonyl (C=O) groups excluding carboxylic acids is 1. The monoisotopic (exact) mass is 428 g/mol. The Bertz CT molecular complexity index is 953. The zero-order valence-corrected chi connectivity index (χ0v) is 18.9. The van der Waals surface area contributed by atoms with Gasteiger partial charge in [-0.3, -0.25) is 4.79 Å². The van der Waals surface area contributed by atoms with Crippen molar-refractivity contribution in [1.82, 2.24) is 10.0 Å². The quantitative estimate of drug-likeness (QED) is 0.695. The number of amides is 1. The maximum atomic E-state index is 12.5. The summed E-state index contributed by atoms with van der Waals surface area (Å²) in [6.45, 7) is 6.92. The number of carbonyl (C=O) groups is 1. The van der Waals surface area contributed by atoms with E-state index in [2.05, 4.69) is 30.8 Å². The molecule has 0 saturated heterocycles. The zero-order valence-electron chi connectivity index (χ0n) is 18.1. The largest absolute Gasteiger partial charge is 0.352 e. The normalized spacial score (nSPS) is 15.3. The average Bonchev–Trinajstić information content (AvgIpc) is 3.20. The molecule has 2 aromatic carbocycles. The van der Waals surface area contributed by atoms with Crippen LogP contribution >= 0.6 is 0 Å². The number of benzene rings is 2. The Hall–Kier alpha value is -2.18. The molecular formula is C24H32N2O3S. The fourth-order valence-electron chi connectivity index (χ4n) is 3.71. The van der Waals surface area contributed by atoms with E-state index >= 15 is 0 Å². The summed E-state index contributed by atoms with van der Waals surface area (Å²) in [5.74, 6) is -0.101. The molecule has 0 atom stereocenters. The van der Waals surface area contributed by atoms with Crippen LogP contribution in [0.25, 0.3) is 0 Å². The summed E-state index contributed by atoms with van der Waals surface area (Å²) in [6.07, 6.45) is 4.63. The first-order valence-electron chi connectivity index (χ1n) is 10.7. The summed E-state index contributed by atoms with van der Waals surface area (Å²) < 4.78 is 27.8. The van der Waals surface area contributed by atoms with Crippen molar-refractivity contribution in [3.63, 3.8) is 0 Å². The summed E-state index contributed by atoms with van der Waals surface area (Å²) in [4.78, 5) is 12.6. The SMILES string of the molecule is CC(C)(C)c1ccc(C(=O)NCCc2ccc(S(=O)(=O)NC3CCCC3)cc2)cc1. The molecule has 6 heteroatoms. The third kappa shape index (κ3) is 5.92. The van der Waals surface area contributed by atoms with E-state index in [4.69, 9.17) is 0 Å². The molecule has 0 unspecified atom stereocenters. The Labute approximate surface area is 180 Å². The molecule has 1 aliphatic carbocycles. The first kappa shape index (κ1) is 22.5. The summed E-state index contributed by atoms with van der Waals surface area (Å²) in [5, 5.41) is 2.93. The van der Waals surface area contributed by atoms with Crippen LogP contribution in [0.4, 0.5) is 0 Å². The third-order valence-electron chi connectivity index (χ3n) is 5.62. The molecule has 0 aromatic heterocycles. The second-order valence-corrected chi connectivity index (χ2v) is 10.8.